The molecule has 0 amide bonds. The Labute approximate surface area is 95.2 Å². The molecule has 0 rings (SSSR count). The van der Waals surface area contributed by atoms with Gasteiger partial charge in [0, 0.05) is 12.0 Å². The van der Waals surface area contributed by atoms with Crippen molar-refractivity contribution in [3.05, 3.63) is 12.2 Å². The van der Waals surface area contributed by atoms with E-state index in [2.05, 4.69) is 10.8 Å². The molecule has 0 radical (unpaired) electrons. The molecule has 0 atom stereocenters. The van der Waals surface area contributed by atoms with Crippen molar-refractivity contribution in [1.82, 2.24) is 0 Å². The summed E-state index contributed by atoms with van der Waals surface area (Å²) < 4.78 is 38.5. The third-order valence-corrected chi connectivity index (χ3v) is 2.28. The fourth-order valence-electron chi connectivity index (χ4n) is 0.839. The molecular weight excluding hydrogens is 236 g/mol. The summed E-state index contributed by atoms with van der Waals surface area (Å²) in [4.78, 5) is 11.0. The maximum Gasteiger partial charge on any atom is 0.397 e. The summed E-state index contributed by atoms with van der Waals surface area (Å²) in [6.45, 7) is 7.78. The average Bonchev–Trinajstić information content (AvgIpc) is 1.98. The van der Waals surface area contributed by atoms with Gasteiger partial charge in [-0.1, -0.05) is 6.58 Å². The Morgan fingerprint density at radius 2 is 1.94 bits per heavy atom. The molecule has 94 valence electrons. The lowest BCUT2D eigenvalue weighted by atomic mass is 10.1. The Morgan fingerprint density at radius 3 is 2.31 bits per heavy atom. The fourth-order valence-corrected chi connectivity index (χ4v) is 1.49. The Bertz CT molecular complexity index is 367. The third kappa shape index (κ3) is 7.38. The molecule has 0 aliphatic heterocycles. The van der Waals surface area contributed by atoms with Crippen LogP contribution in [0, 0.1) is 0 Å². The normalized spacial score (nSPS) is 12.2. The third-order valence-electron chi connectivity index (χ3n) is 1.62. The summed E-state index contributed by atoms with van der Waals surface area (Å²) in [7, 11) is -4.51. The van der Waals surface area contributed by atoms with Gasteiger partial charge < -0.3 is 4.74 Å². The quantitative estimate of drug-likeness (QED) is 0.432. The molecule has 16 heavy (non-hydrogen) atoms. The van der Waals surface area contributed by atoms with E-state index < -0.39 is 22.0 Å². The molecule has 6 nitrogen and oxygen atoms in total. The van der Waals surface area contributed by atoms with Gasteiger partial charge in [-0.15, -0.1) is 0 Å². The highest BCUT2D eigenvalue weighted by molar-refractivity contribution is 7.80. The van der Waals surface area contributed by atoms with Crippen molar-refractivity contribution in [2.75, 3.05) is 6.61 Å². The van der Waals surface area contributed by atoms with Crippen molar-refractivity contribution in [1.29, 1.82) is 0 Å². The lowest BCUT2D eigenvalue weighted by Gasteiger charge is -2.22. The van der Waals surface area contributed by atoms with Crippen LogP contribution in [0.5, 0.6) is 0 Å². The second-order valence-corrected chi connectivity index (χ2v) is 4.96. The van der Waals surface area contributed by atoms with Crippen LogP contribution in [0.1, 0.15) is 27.2 Å². The van der Waals surface area contributed by atoms with Gasteiger partial charge in [0.25, 0.3) is 0 Å². The van der Waals surface area contributed by atoms with E-state index in [0.717, 1.165) is 0 Å². The van der Waals surface area contributed by atoms with Gasteiger partial charge in [-0.2, -0.15) is 8.42 Å². The van der Waals surface area contributed by atoms with E-state index in [-0.39, 0.29) is 18.6 Å². The Kier molecular flexibility index (Phi) is 5.11. The molecule has 0 bridgehead atoms. The molecule has 0 fully saturated rings. The molecule has 0 saturated heterocycles. The molecule has 0 heterocycles. The van der Waals surface area contributed by atoms with Crippen LogP contribution < -0.4 is 0 Å². The number of ether oxygens (including phenoxy) is 1. The van der Waals surface area contributed by atoms with E-state index in [1.165, 1.54) is 20.8 Å². The Hall–Kier alpha value is -0.920. The molecule has 0 aliphatic carbocycles. The summed E-state index contributed by atoms with van der Waals surface area (Å²) in [5.41, 5.74) is -0.878. The molecule has 0 aromatic rings. The van der Waals surface area contributed by atoms with Gasteiger partial charge in [-0.05, 0) is 20.8 Å². The van der Waals surface area contributed by atoms with Crippen LogP contribution in [0.2, 0.25) is 0 Å². The van der Waals surface area contributed by atoms with Crippen molar-refractivity contribution in [2.24, 2.45) is 0 Å². The summed E-state index contributed by atoms with van der Waals surface area (Å²) in [5, 5.41) is 0. The first-order valence-corrected chi connectivity index (χ1v) is 5.91. The van der Waals surface area contributed by atoms with Crippen LogP contribution in [0.4, 0.5) is 0 Å². The van der Waals surface area contributed by atoms with Crippen molar-refractivity contribution >= 4 is 16.4 Å². The van der Waals surface area contributed by atoms with Gasteiger partial charge in [-0.25, -0.2) is 8.98 Å². The number of carbonyl (C=O) groups is 1. The first kappa shape index (κ1) is 15.1. The van der Waals surface area contributed by atoms with Crippen molar-refractivity contribution in [3.63, 3.8) is 0 Å². The molecule has 7 heteroatoms. The van der Waals surface area contributed by atoms with Gasteiger partial charge in [0.05, 0.1) is 12.2 Å². The molecule has 0 aromatic heterocycles. The van der Waals surface area contributed by atoms with Gasteiger partial charge in [0.1, 0.15) is 0 Å². The monoisotopic (exact) mass is 252 g/mol. The molecule has 1 N–H and O–H groups in total. The SMILES string of the molecule is C=C(C)C(=O)OCCC(C)(C)OS(=O)(=O)O. The maximum atomic E-state index is 11.0. The number of carbonyl (C=O) groups excluding carboxylic acids is 1. The smallest absolute Gasteiger partial charge is 0.397 e. The minimum absolute atomic E-state index is 0.0196. The Morgan fingerprint density at radius 1 is 1.44 bits per heavy atom. The molecular formula is C9H16O6S. The largest absolute Gasteiger partial charge is 0.462 e. The summed E-state index contributed by atoms with van der Waals surface area (Å²) in [6, 6.07) is 0. The highest BCUT2D eigenvalue weighted by Gasteiger charge is 2.25. The lowest BCUT2D eigenvalue weighted by Crippen LogP contribution is -2.29. The summed E-state index contributed by atoms with van der Waals surface area (Å²) >= 11 is 0. The van der Waals surface area contributed by atoms with Crippen LogP contribution in [0.15, 0.2) is 12.2 Å². The van der Waals surface area contributed by atoms with E-state index >= 15 is 0 Å². The lowest BCUT2D eigenvalue weighted by molar-refractivity contribution is -0.139. The van der Waals surface area contributed by atoms with Crippen molar-refractivity contribution in [3.8, 4) is 0 Å². The minimum Gasteiger partial charge on any atom is -0.462 e. The topological polar surface area (TPSA) is 89.9 Å². The van der Waals surface area contributed by atoms with E-state index in [0.29, 0.717) is 0 Å². The average molecular weight is 252 g/mol. The summed E-state index contributed by atoms with van der Waals surface area (Å²) in [5.74, 6) is -0.553. The molecule has 0 aliphatic rings. The molecule has 0 spiro atoms. The molecule has 0 unspecified atom stereocenters. The first-order valence-electron chi connectivity index (χ1n) is 4.54. The van der Waals surface area contributed by atoms with Crippen LogP contribution >= 0.6 is 0 Å². The van der Waals surface area contributed by atoms with E-state index in [4.69, 9.17) is 9.29 Å². The van der Waals surface area contributed by atoms with Gasteiger partial charge >= 0.3 is 16.4 Å². The molecule has 0 saturated carbocycles. The number of esters is 1. The second-order valence-electron chi connectivity index (χ2n) is 3.94. The number of rotatable bonds is 6. The van der Waals surface area contributed by atoms with E-state index in [1.807, 2.05) is 0 Å². The zero-order valence-electron chi connectivity index (χ0n) is 9.52. The maximum absolute atomic E-state index is 11.0. The standard InChI is InChI=1S/C9H16O6S/c1-7(2)8(10)14-6-5-9(3,4)15-16(11,12)13/h1,5-6H2,2-4H3,(H,11,12,13). The van der Waals surface area contributed by atoms with Crippen LogP contribution in [0.3, 0.4) is 0 Å². The number of hydrogen-bond donors (Lipinski definition) is 1. The van der Waals surface area contributed by atoms with Crippen LogP contribution in [0.25, 0.3) is 0 Å². The van der Waals surface area contributed by atoms with E-state index in [1.54, 1.807) is 0 Å². The fraction of sp³-hybridized carbons (Fsp3) is 0.667. The van der Waals surface area contributed by atoms with Crippen molar-refractivity contribution in [2.45, 2.75) is 32.8 Å². The van der Waals surface area contributed by atoms with Crippen LogP contribution in [-0.2, 0) is 24.1 Å². The van der Waals surface area contributed by atoms with E-state index in [9.17, 15) is 13.2 Å². The van der Waals surface area contributed by atoms with Gasteiger partial charge in [0.15, 0.2) is 0 Å². The Balaban J connectivity index is 4.11. The zero-order chi connectivity index (χ0) is 13.0. The molecule has 0 aromatic carbocycles. The highest BCUT2D eigenvalue weighted by Crippen LogP contribution is 2.17. The van der Waals surface area contributed by atoms with Crippen molar-refractivity contribution < 1.29 is 26.7 Å². The predicted octanol–water partition coefficient (Wildman–Crippen LogP) is 1.09. The van der Waals surface area contributed by atoms with Gasteiger partial charge in [-0.3, -0.25) is 4.55 Å². The summed E-state index contributed by atoms with van der Waals surface area (Å²) in [6.07, 6.45) is 0.131. The number of hydrogen-bond acceptors (Lipinski definition) is 5. The second kappa shape index (κ2) is 5.42. The minimum atomic E-state index is -4.51. The first-order chi connectivity index (χ1) is 7.03. The zero-order valence-corrected chi connectivity index (χ0v) is 10.3. The van der Waals surface area contributed by atoms with Gasteiger partial charge in [0.2, 0.25) is 0 Å². The predicted molar refractivity (Wildman–Crippen MR) is 57.1 cm³/mol. The highest BCUT2D eigenvalue weighted by atomic mass is 32.3. The van der Waals surface area contributed by atoms with Crippen LogP contribution in [-0.4, -0.2) is 31.1 Å².